The van der Waals surface area contributed by atoms with Crippen LogP contribution in [0.4, 0.5) is 0 Å². The van der Waals surface area contributed by atoms with Crippen LogP contribution in [0.2, 0.25) is 0 Å². The molecule has 3 aromatic heterocycles. The second-order valence-corrected chi connectivity index (χ2v) is 8.73. The summed E-state index contributed by atoms with van der Waals surface area (Å²) >= 11 is 3.39. The molecule has 0 aliphatic carbocycles. The zero-order valence-corrected chi connectivity index (χ0v) is 17.1. The van der Waals surface area contributed by atoms with Crippen molar-refractivity contribution < 1.29 is 9.52 Å². The zero-order chi connectivity index (χ0) is 18.6. The van der Waals surface area contributed by atoms with Crippen LogP contribution in [-0.4, -0.2) is 52.2 Å². The topological polar surface area (TPSA) is 52.7 Å². The van der Waals surface area contributed by atoms with Gasteiger partial charge in [0, 0.05) is 45.4 Å². The van der Waals surface area contributed by atoms with E-state index in [1.165, 1.54) is 5.56 Å². The van der Waals surface area contributed by atoms with Gasteiger partial charge in [0.15, 0.2) is 0 Å². The van der Waals surface area contributed by atoms with Crippen LogP contribution in [0.25, 0.3) is 10.8 Å². The molecule has 7 heteroatoms. The number of aliphatic hydroxyl groups is 1. The molecule has 144 valence electrons. The molecule has 1 saturated heterocycles. The molecule has 5 nitrogen and oxygen atoms in total. The monoisotopic (exact) mass is 403 g/mol. The number of aryl methyl sites for hydroxylation is 1. The van der Waals surface area contributed by atoms with Gasteiger partial charge in [0.25, 0.3) is 0 Å². The van der Waals surface area contributed by atoms with Gasteiger partial charge in [0.1, 0.15) is 5.76 Å². The summed E-state index contributed by atoms with van der Waals surface area (Å²) in [7, 11) is 0. The summed E-state index contributed by atoms with van der Waals surface area (Å²) in [6.07, 6.45) is 0.804. The number of hydrogen-bond acceptors (Lipinski definition) is 7. The molecule has 0 amide bonds. The Morgan fingerprint density at radius 3 is 2.93 bits per heavy atom. The third kappa shape index (κ3) is 4.50. The van der Waals surface area contributed by atoms with Crippen molar-refractivity contribution in [2.45, 2.75) is 32.5 Å². The molecule has 0 radical (unpaired) electrons. The van der Waals surface area contributed by atoms with Gasteiger partial charge < -0.3 is 9.52 Å². The predicted octanol–water partition coefficient (Wildman–Crippen LogP) is 3.84. The molecule has 4 rings (SSSR count). The maximum absolute atomic E-state index is 9.52. The van der Waals surface area contributed by atoms with Crippen molar-refractivity contribution in [3.8, 4) is 10.8 Å². The number of hydrogen-bond donors (Lipinski definition) is 1. The molecule has 1 N–H and O–H groups in total. The fourth-order valence-electron chi connectivity index (χ4n) is 3.64. The lowest BCUT2D eigenvalue weighted by molar-refractivity contribution is 0.0493. The highest BCUT2D eigenvalue weighted by atomic mass is 32.1. The lowest BCUT2D eigenvalue weighted by atomic mass is 10.1. The Morgan fingerprint density at radius 2 is 2.19 bits per heavy atom. The Hall–Kier alpha value is -1.51. The summed E-state index contributed by atoms with van der Waals surface area (Å²) in [5, 5.41) is 15.9. The normalized spacial score (nSPS) is 19.0. The highest BCUT2D eigenvalue weighted by Crippen LogP contribution is 2.27. The van der Waals surface area contributed by atoms with Crippen molar-refractivity contribution >= 4 is 22.7 Å². The molecule has 0 aromatic carbocycles. The maximum Gasteiger partial charge on any atom is 0.236 e. The predicted molar refractivity (Wildman–Crippen MR) is 110 cm³/mol. The van der Waals surface area contributed by atoms with Gasteiger partial charge in [-0.2, -0.15) is 11.3 Å². The average Bonchev–Trinajstić information content (AvgIpc) is 3.41. The van der Waals surface area contributed by atoms with Crippen LogP contribution in [0, 0.1) is 6.92 Å². The van der Waals surface area contributed by atoms with E-state index in [1.807, 2.05) is 24.4 Å². The fraction of sp³-hybridized carbons (Fsp3) is 0.450. The minimum absolute atomic E-state index is 0.226. The van der Waals surface area contributed by atoms with E-state index in [2.05, 4.69) is 26.6 Å². The molecule has 1 aliphatic rings. The first-order valence-corrected chi connectivity index (χ1v) is 11.1. The summed E-state index contributed by atoms with van der Waals surface area (Å²) in [6.45, 7) is 6.96. The van der Waals surface area contributed by atoms with Gasteiger partial charge in [-0.3, -0.25) is 9.80 Å². The van der Waals surface area contributed by atoms with Crippen LogP contribution in [0.3, 0.4) is 0 Å². The van der Waals surface area contributed by atoms with E-state index in [-0.39, 0.29) is 6.61 Å². The summed E-state index contributed by atoms with van der Waals surface area (Å²) in [6, 6.07) is 6.62. The Balaban J connectivity index is 1.41. The fourth-order valence-corrected chi connectivity index (χ4v) is 4.95. The van der Waals surface area contributed by atoms with Crippen molar-refractivity contribution in [1.82, 2.24) is 14.8 Å². The molecule has 3 aromatic rings. The first-order chi connectivity index (χ1) is 13.2. The van der Waals surface area contributed by atoms with Gasteiger partial charge in [0.05, 0.1) is 10.6 Å². The minimum atomic E-state index is 0.226. The molecular formula is C20H25N3O2S2. The van der Waals surface area contributed by atoms with Crippen molar-refractivity contribution in [2.24, 2.45) is 0 Å². The van der Waals surface area contributed by atoms with Crippen molar-refractivity contribution in [3.05, 3.63) is 51.4 Å². The Bertz CT molecular complexity index is 830. The quantitative estimate of drug-likeness (QED) is 0.650. The van der Waals surface area contributed by atoms with Crippen LogP contribution >= 0.6 is 22.7 Å². The largest absolute Gasteiger partial charge is 0.440 e. The molecule has 4 heterocycles. The molecule has 0 spiro atoms. The van der Waals surface area contributed by atoms with Gasteiger partial charge in [-0.25, -0.2) is 4.98 Å². The summed E-state index contributed by atoms with van der Waals surface area (Å²) in [4.78, 5) is 10.7. The lowest BCUT2D eigenvalue weighted by Crippen LogP contribution is -2.52. The maximum atomic E-state index is 9.52. The van der Waals surface area contributed by atoms with E-state index in [9.17, 15) is 5.11 Å². The first-order valence-electron chi connectivity index (χ1n) is 9.31. The molecule has 0 saturated carbocycles. The first kappa shape index (κ1) is 18.8. The number of oxazole rings is 1. The third-order valence-electron chi connectivity index (χ3n) is 5.11. The minimum Gasteiger partial charge on any atom is -0.440 e. The van der Waals surface area contributed by atoms with E-state index in [4.69, 9.17) is 9.40 Å². The SMILES string of the molecule is Cc1oc(-c2cccs2)nc1CN1CCN(Cc2ccsc2)[C@@H](CCO)C1. The van der Waals surface area contributed by atoms with Gasteiger partial charge in [-0.15, -0.1) is 11.3 Å². The Kier molecular flexibility index (Phi) is 6.04. The van der Waals surface area contributed by atoms with Crippen LogP contribution in [-0.2, 0) is 13.1 Å². The zero-order valence-electron chi connectivity index (χ0n) is 15.5. The molecule has 0 unspecified atom stereocenters. The standard InChI is InChI=1S/C20H25N3O2S2/c1-15-18(21-20(25-15)19-3-2-9-27-19)13-22-6-7-23(17(12-22)4-8-24)11-16-5-10-26-14-16/h2-3,5,9-10,14,17,24H,4,6-8,11-13H2,1H3/t17-/m0/s1. The third-order valence-corrected chi connectivity index (χ3v) is 6.70. The van der Waals surface area contributed by atoms with E-state index in [1.54, 1.807) is 22.7 Å². The van der Waals surface area contributed by atoms with Crippen LogP contribution in [0.5, 0.6) is 0 Å². The number of piperazine rings is 1. The number of nitrogens with zero attached hydrogens (tertiary/aromatic N) is 3. The number of aromatic nitrogens is 1. The molecule has 1 fully saturated rings. The Labute approximate surface area is 167 Å². The molecule has 27 heavy (non-hydrogen) atoms. The van der Waals surface area contributed by atoms with Crippen molar-refractivity contribution in [3.63, 3.8) is 0 Å². The van der Waals surface area contributed by atoms with Crippen LogP contribution in [0.15, 0.2) is 38.8 Å². The summed E-state index contributed by atoms with van der Waals surface area (Å²) in [5.41, 5.74) is 2.39. The van der Waals surface area contributed by atoms with Crippen molar-refractivity contribution in [2.75, 3.05) is 26.2 Å². The van der Waals surface area contributed by atoms with Crippen LogP contribution in [0.1, 0.15) is 23.4 Å². The van der Waals surface area contributed by atoms with E-state index < -0.39 is 0 Å². The average molecular weight is 404 g/mol. The van der Waals surface area contributed by atoms with E-state index >= 15 is 0 Å². The molecular weight excluding hydrogens is 378 g/mol. The van der Waals surface area contributed by atoms with Crippen LogP contribution < -0.4 is 0 Å². The van der Waals surface area contributed by atoms with E-state index in [0.29, 0.717) is 6.04 Å². The van der Waals surface area contributed by atoms with Gasteiger partial charge in [-0.05, 0) is 47.2 Å². The molecule has 1 atom stereocenters. The number of thiophene rings is 2. The second-order valence-electron chi connectivity index (χ2n) is 7.00. The highest BCUT2D eigenvalue weighted by molar-refractivity contribution is 7.13. The smallest absolute Gasteiger partial charge is 0.236 e. The number of rotatable bonds is 7. The molecule has 1 aliphatic heterocycles. The Morgan fingerprint density at radius 1 is 1.26 bits per heavy atom. The highest BCUT2D eigenvalue weighted by Gasteiger charge is 2.28. The van der Waals surface area contributed by atoms with Gasteiger partial charge >= 0.3 is 0 Å². The van der Waals surface area contributed by atoms with Gasteiger partial charge in [-0.1, -0.05) is 6.07 Å². The van der Waals surface area contributed by atoms with Crippen molar-refractivity contribution in [1.29, 1.82) is 0 Å². The van der Waals surface area contributed by atoms with Gasteiger partial charge in [0.2, 0.25) is 5.89 Å². The number of aliphatic hydroxyl groups excluding tert-OH is 1. The lowest BCUT2D eigenvalue weighted by Gasteiger charge is -2.41. The summed E-state index contributed by atoms with van der Waals surface area (Å²) < 4.78 is 5.89. The second kappa shape index (κ2) is 8.67. The van der Waals surface area contributed by atoms with E-state index in [0.717, 1.165) is 61.4 Å². The molecule has 0 bridgehead atoms. The summed E-state index contributed by atoms with van der Waals surface area (Å²) in [5.74, 6) is 1.62.